The first-order chi connectivity index (χ1) is 12.7. The second kappa shape index (κ2) is 10.9. The zero-order valence-corrected chi connectivity index (χ0v) is 15.2. The van der Waals surface area contributed by atoms with Gasteiger partial charge in [-0.1, -0.05) is 62.2 Å². The van der Waals surface area contributed by atoms with Crippen LogP contribution in [0.15, 0.2) is 54.6 Å². The van der Waals surface area contributed by atoms with Crippen molar-refractivity contribution in [2.45, 2.75) is 39.0 Å². The van der Waals surface area contributed by atoms with Gasteiger partial charge in [0.1, 0.15) is 5.75 Å². The molecule has 0 saturated carbocycles. The van der Waals surface area contributed by atoms with Crippen molar-refractivity contribution in [1.82, 2.24) is 10.9 Å². The highest BCUT2D eigenvalue weighted by Gasteiger charge is 2.13. The summed E-state index contributed by atoms with van der Waals surface area (Å²) in [6.07, 6.45) is 4.08. The van der Waals surface area contributed by atoms with Gasteiger partial charge in [-0.2, -0.15) is 0 Å². The summed E-state index contributed by atoms with van der Waals surface area (Å²) in [5.74, 6) is -0.0904. The molecule has 5 nitrogen and oxygen atoms in total. The maximum Gasteiger partial charge on any atom is 0.273 e. The molecule has 0 aliphatic heterocycles. The summed E-state index contributed by atoms with van der Waals surface area (Å²) in [4.78, 5) is 24.3. The summed E-state index contributed by atoms with van der Waals surface area (Å²) in [5.41, 5.74) is 6.41. The Labute approximate surface area is 154 Å². The Kier molecular flexibility index (Phi) is 8.19. The van der Waals surface area contributed by atoms with Crippen LogP contribution in [0.5, 0.6) is 5.75 Å². The molecule has 0 radical (unpaired) electrons. The minimum atomic E-state index is -0.385. The van der Waals surface area contributed by atoms with E-state index >= 15 is 0 Å². The van der Waals surface area contributed by atoms with Crippen LogP contribution in [-0.4, -0.2) is 18.4 Å². The number of hydrogen-bond donors (Lipinski definition) is 2. The molecule has 0 saturated heterocycles. The van der Waals surface area contributed by atoms with Crippen molar-refractivity contribution in [3.63, 3.8) is 0 Å². The largest absolute Gasteiger partial charge is 0.493 e. The standard InChI is InChI=1S/C21H26N2O3/c1-2-3-9-16-26-19-13-8-7-12-18(19)21(25)23-22-20(24)15-14-17-10-5-4-6-11-17/h4-8,10-13H,2-3,9,14-16H2,1H3,(H,22,24)(H,23,25). The monoisotopic (exact) mass is 354 g/mol. The summed E-state index contributed by atoms with van der Waals surface area (Å²) in [7, 11) is 0. The number of hydrazine groups is 1. The van der Waals surface area contributed by atoms with Crippen LogP contribution in [0, 0.1) is 0 Å². The zero-order chi connectivity index (χ0) is 18.6. The fourth-order valence-electron chi connectivity index (χ4n) is 2.47. The fourth-order valence-corrected chi connectivity index (χ4v) is 2.47. The van der Waals surface area contributed by atoms with Crippen molar-refractivity contribution in [2.75, 3.05) is 6.61 Å². The number of unbranched alkanes of at least 4 members (excludes halogenated alkanes) is 2. The van der Waals surface area contributed by atoms with Gasteiger partial charge >= 0.3 is 0 Å². The molecule has 0 aliphatic rings. The van der Waals surface area contributed by atoms with E-state index in [1.54, 1.807) is 18.2 Å². The van der Waals surface area contributed by atoms with E-state index in [1.807, 2.05) is 36.4 Å². The third-order valence-electron chi connectivity index (χ3n) is 3.94. The normalized spacial score (nSPS) is 10.2. The predicted octanol–water partition coefficient (Wildman–Crippen LogP) is 3.65. The van der Waals surface area contributed by atoms with E-state index in [2.05, 4.69) is 17.8 Å². The van der Waals surface area contributed by atoms with Crippen molar-refractivity contribution in [3.05, 3.63) is 65.7 Å². The molecular weight excluding hydrogens is 328 g/mol. The van der Waals surface area contributed by atoms with Crippen molar-refractivity contribution < 1.29 is 14.3 Å². The third-order valence-corrected chi connectivity index (χ3v) is 3.94. The van der Waals surface area contributed by atoms with E-state index in [0.29, 0.717) is 30.8 Å². The molecule has 0 aromatic heterocycles. The summed E-state index contributed by atoms with van der Waals surface area (Å²) < 4.78 is 5.70. The Morgan fingerprint density at radius 1 is 0.923 bits per heavy atom. The first-order valence-corrected chi connectivity index (χ1v) is 9.05. The topological polar surface area (TPSA) is 67.4 Å². The number of aryl methyl sites for hydroxylation is 1. The van der Waals surface area contributed by atoms with Crippen LogP contribution < -0.4 is 15.6 Å². The van der Waals surface area contributed by atoms with Gasteiger partial charge in [0, 0.05) is 6.42 Å². The molecule has 2 amide bonds. The second-order valence-electron chi connectivity index (χ2n) is 6.04. The Hall–Kier alpha value is -2.82. The highest BCUT2D eigenvalue weighted by Crippen LogP contribution is 2.18. The van der Waals surface area contributed by atoms with Crippen molar-refractivity contribution in [1.29, 1.82) is 0 Å². The molecule has 2 rings (SSSR count). The Morgan fingerprint density at radius 2 is 1.65 bits per heavy atom. The maximum absolute atomic E-state index is 12.3. The smallest absolute Gasteiger partial charge is 0.273 e. The van der Waals surface area contributed by atoms with E-state index in [1.165, 1.54) is 0 Å². The van der Waals surface area contributed by atoms with Gasteiger partial charge in [0.05, 0.1) is 12.2 Å². The molecule has 0 unspecified atom stereocenters. The number of para-hydroxylation sites is 1. The highest BCUT2D eigenvalue weighted by molar-refractivity contribution is 5.97. The lowest BCUT2D eigenvalue weighted by Gasteiger charge is -2.12. The second-order valence-corrected chi connectivity index (χ2v) is 6.04. The summed E-state index contributed by atoms with van der Waals surface area (Å²) >= 11 is 0. The van der Waals surface area contributed by atoms with Gasteiger partial charge in [-0.05, 0) is 30.5 Å². The van der Waals surface area contributed by atoms with Gasteiger partial charge in [0.2, 0.25) is 5.91 Å². The highest BCUT2D eigenvalue weighted by atomic mass is 16.5. The van der Waals surface area contributed by atoms with Gasteiger partial charge in [0.25, 0.3) is 5.91 Å². The molecule has 0 fully saturated rings. The quantitative estimate of drug-likeness (QED) is 0.533. The van der Waals surface area contributed by atoms with E-state index in [-0.39, 0.29) is 11.8 Å². The first kappa shape index (κ1) is 19.5. The number of ether oxygens (including phenoxy) is 1. The molecule has 2 aromatic rings. The van der Waals surface area contributed by atoms with Gasteiger partial charge in [-0.25, -0.2) is 0 Å². The average molecular weight is 354 g/mol. The van der Waals surface area contributed by atoms with Gasteiger partial charge < -0.3 is 4.74 Å². The van der Waals surface area contributed by atoms with Crippen LogP contribution in [0.25, 0.3) is 0 Å². The molecule has 2 N–H and O–H groups in total. The lowest BCUT2D eigenvalue weighted by Crippen LogP contribution is -2.41. The summed E-state index contributed by atoms with van der Waals surface area (Å²) in [6, 6.07) is 16.8. The Bertz CT molecular complexity index is 701. The molecule has 0 heterocycles. The van der Waals surface area contributed by atoms with Crippen LogP contribution in [0.1, 0.15) is 48.5 Å². The number of carbonyl (C=O) groups is 2. The molecule has 5 heteroatoms. The predicted molar refractivity (Wildman–Crippen MR) is 102 cm³/mol. The van der Waals surface area contributed by atoms with Gasteiger partial charge in [-0.3, -0.25) is 20.4 Å². The number of nitrogens with one attached hydrogen (secondary N) is 2. The lowest BCUT2D eigenvalue weighted by molar-refractivity contribution is -0.121. The van der Waals surface area contributed by atoms with Crippen molar-refractivity contribution in [2.24, 2.45) is 0 Å². The first-order valence-electron chi connectivity index (χ1n) is 9.05. The fraction of sp³-hybridized carbons (Fsp3) is 0.333. The SMILES string of the molecule is CCCCCOc1ccccc1C(=O)NNC(=O)CCc1ccccc1. The van der Waals surface area contributed by atoms with E-state index in [9.17, 15) is 9.59 Å². The average Bonchev–Trinajstić information content (AvgIpc) is 2.69. The molecule has 0 spiro atoms. The maximum atomic E-state index is 12.3. The number of rotatable bonds is 9. The van der Waals surface area contributed by atoms with Crippen LogP contribution >= 0.6 is 0 Å². The van der Waals surface area contributed by atoms with E-state index in [4.69, 9.17) is 4.74 Å². The summed E-state index contributed by atoms with van der Waals surface area (Å²) in [5, 5.41) is 0. The number of hydrogen-bond acceptors (Lipinski definition) is 3. The minimum absolute atomic E-state index is 0.233. The Balaban J connectivity index is 1.80. The number of amides is 2. The third kappa shape index (κ3) is 6.59. The zero-order valence-electron chi connectivity index (χ0n) is 15.2. The molecule has 138 valence electrons. The van der Waals surface area contributed by atoms with Crippen LogP contribution in [0.4, 0.5) is 0 Å². The minimum Gasteiger partial charge on any atom is -0.493 e. The molecular formula is C21H26N2O3. The lowest BCUT2D eigenvalue weighted by atomic mass is 10.1. The molecule has 2 aromatic carbocycles. The molecule has 0 atom stereocenters. The summed E-state index contributed by atoms with van der Waals surface area (Å²) in [6.45, 7) is 2.70. The molecule has 0 bridgehead atoms. The van der Waals surface area contributed by atoms with Gasteiger partial charge in [0.15, 0.2) is 0 Å². The van der Waals surface area contributed by atoms with Crippen molar-refractivity contribution >= 4 is 11.8 Å². The number of carbonyl (C=O) groups excluding carboxylic acids is 2. The van der Waals surface area contributed by atoms with E-state index in [0.717, 1.165) is 24.8 Å². The van der Waals surface area contributed by atoms with Crippen LogP contribution in [0.2, 0.25) is 0 Å². The van der Waals surface area contributed by atoms with Crippen LogP contribution in [-0.2, 0) is 11.2 Å². The van der Waals surface area contributed by atoms with E-state index < -0.39 is 0 Å². The van der Waals surface area contributed by atoms with Crippen molar-refractivity contribution in [3.8, 4) is 5.75 Å². The van der Waals surface area contributed by atoms with Crippen LogP contribution in [0.3, 0.4) is 0 Å². The Morgan fingerprint density at radius 3 is 2.42 bits per heavy atom. The van der Waals surface area contributed by atoms with Gasteiger partial charge in [-0.15, -0.1) is 0 Å². The molecule has 0 aliphatic carbocycles. The number of benzene rings is 2. The molecule has 26 heavy (non-hydrogen) atoms.